The number of rotatable bonds is 13. The summed E-state index contributed by atoms with van der Waals surface area (Å²) in [4.78, 5) is 44.0. The maximum absolute atomic E-state index is 13.9. The fourth-order valence-electron chi connectivity index (χ4n) is 5.95. The minimum atomic E-state index is -1.07. The van der Waals surface area contributed by atoms with Crippen LogP contribution in [0.25, 0.3) is 0 Å². The van der Waals surface area contributed by atoms with Crippen molar-refractivity contribution in [3.05, 3.63) is 25.3 Å². The van der Waals surface area contributed by atoms with Crippen molar-refractivity contribution in [3.63, 3.8) is 0 Å². The van der Waals surface area contributed by atoms with Gasteiger partial charge in [-0.2, -0.15) is 0 Å². The number of amides is 2. The fourth-order valence-corrected chi connectivity index (χ4v) is 5.95. The fraction of sp³-hybridized carbons (Fsp3) is 0.720. The molecule has 33 heavy (non-hydrogen) atoms. The molecular weight excluding hydrogens is 424 g/mol. The van der Waals surface area contributed by atoms with E-state index in [4.69, 9.17) is 9.47 Å². The van der Waals surface area contributed by atoms with Crippen LogP contribution < -0.4 is 0 Å². The Hall–Kier alpha value is -2.19. The van der Waals surface area contributed by atoms with Crippen LogP contribution in [0.1, 0.15) is 52.4 Å². The molecule has 5 atom stereocenters. The third-order valence-corrected chi connectivity index (χ3v) is 7.36. The van der Waals surface area contributed by atoms with Gasteiger partial charge in [-0.25, -0.2) is 0 Å². The Morgan fingerprint density at radius 1 is 1.27 bits per heavy atom. The van der Waals surface area contributed by atoms with Crippen LogP contribution in [-0.4, -0.2) is 82.8 Å². The van der Waals surface area contributed by atoms with E-state index in [1.807, 2.05) is 6.92 Å². The van der Waals surface area contributed by atoms with Crippen molar-refractivity contribution in [2.45, 2.75) is 69.6 Å². The monoisotopic (exact) mass is 462 g/mol. The summed E-state index contributed by atoms with van der Waals surface area (Å²) in [5.41, 5.74) is -1.92. The molecular formula is C25H38N2O6. The Morgan fingerprint density at radius 2 is 2.03 bits per heavy atom. The summed E-state index contributed by atoms with van der Waals surface area (Å²) in [6.07, 6.45) is 7.51. The second-order valence-corrected chi connectivity index (χ2v) is 9.54. The molecule has 2 unspecified atom stereocenters. The maximum atomic E-state index is 13.9. The first-order valence-corrected chi connectivity index (χ1v) is 12.1. The van der Waals surface area contributed by atoms with Crippen molar-refractivity contribution in [1.82, 2.24) is 9.80 Å². The maximum Gasteiger partial charge on any atom is 0.313 e. The van der Waals surface area contributed by atoms with Gasteiger partial charge in [-0.1, -0.05) is 38.5 Å². The van der Waals surface area contributed by atoms with E-state index < -0.39 is 35.0 Å². The predicted molar refractivity (Wildman–Crippen MR) is 123 cm³/mol. The molecule has 1 spiro atoms. The molecule has 8 nitrogen and oxygen atoms in total. The van der Waals surface area contributed by atoms with E-state index in [-0.39, 0.29) is 31.6 Å². The van der Waals surface area contributed by atoms with Crippen molar-refractivity contribution >= 4 is 17.8 Å². The van der Waals surface area contributed by atoms with E-state index in [0.717, 1.165) is 19.3 Å². The highest BCUT2D eigenvalue weighted by Gasteiger charge is 2.78. The molecule has 0 saturated carbocycles. The molecule has 3 heterocycles. The summed E-state index contributed by atoms with van der Waals surface area (Å²) in [6, 6.07) is -0.831. The molecule has 3 rings (SSSR count). The van der Waals surface area contributed by atoms with Crippen LogP contribution >= 0.6 is 0 Å². The number of hydrogen-bond acceptors (Lipinski definition) is 6. The number of esters is 1. The normalized spacial score (nSPS) is 32.0. The average Bonchev–Trinajstić information content (AvgIpc) is 3.36. The Balaban J connectivity index is 1.98. The van der Waals surface area contributed by atoms with Crippen molar-refractivity contribution in [1.29, 1.82) is 0 Å². The summed E-state index contributed by atoms with van der Waals surface area (Å²) in [7, 11) is 0. The van der Waals surface area contributed by atoms with Crippen LogP contribution in [0, 0.1) is 11.8 Å². The van der Waals surface area contributed by atoms with Gasteiger partial charge in [0.05, 0.1) is 11.5 Å². The van der Waals surface area contributed by atoms with E-state index in [1.165, 1.54) is 11.0 Å². The van der Waals surface area contributed by atoms with Crippen LogP contribution in [-0.2, 0) is 23.9 Å². The third-order valence-electron chi connectivity index (χ3n) is 7.36. The third kappa shape index (κ3) is 4.35. The van der Waals surface area contributed by atoms with Gasteiger partial charge in [-0.05, 0) is 32.6 Å². The molecule has 0 aliphatic carbocycles. The number of aliphatic hydroxyl groups is 1. The summed E-state index contributed by atoms with van der Waals surface area (Å²) < 4.78 is 11.9. The van der Waals surface area contributed by atoms with Gasteiger partial charge in [0, 0.05) is 26.2 Å². The minimum absolute atomic E-state index is 0.0560. The second-order valence-electron chi connectivity index (χ2n) is 9.54. The number of carbonyl (C=O) groups is 3. The lowest BCUT2D eigenvalue weighted by Gasteiger charge is -2.36. The number of aliphatic hydroxyl groups excluding tert-OH is 1. The number of fused-ring (bicyclic) bond motifs is 1. The van der Waals surface area contributed by atoms with E-state index in [9.17, 15) is 19.5 Å². The van der Waals surface area contributed by atoms with Crippen LogP contribution in [0.15, 0.2) is 25.3 Å². The summed E-state index contributed by atoms with van der Waals surface area (Å²) in [6.45, 7) is 12.5. The van der Waals surface area contributed by atoms with Gasteiger partial charge in [0.2, 0.25) is 11.8 Å². The first kappa shape index (κ1) is 25.4. The SMILES string of the molecule is C=CCOC(=O)[C@H]1[C@H]2C(=O)N(CCCO)C(C(=O)N(CC=C)CCCCC)C23CC[C@]1(C)O3. The number of hydrogen-bond donors (Lipinski definition) is 1. The van der Waals surface area contributed by atoms with Gasteiger partial charge in [0.25, 0.3) is 0 Å². The molecule has 0 aromatic rings. The minimum Gasteiger partial charge on any atom is -0.461 e. The average molecular weight is 463 g/mol. The number of ether oxygens (including phenoxy) is 2. The zero-order chi connectivity index (χ0) is 24.2. The van der Waals surface area contributed by atoms with Crippen LogP contribution in [0.5, 0.6) is 0 Å². The molecule has 2 amide bonds. The summed E-state index contributed by atoms with van der Waals surface area (Å²) in [5, 5.41) is 9.42. The van der Waals surface area contributed by atoms with Crippen molar-refractivity contribution < 1.29 is 29.0 Å². The summed E-state index contributed by atoms with van der Waals surface area (Å²) in [5.74, 6) is -2.48. The summed E-state index contributed by atoms with van der Waals surface area (Å²) >= 11 is 0. The molecule has 0 radical (unpaired) electrons. The molecule has 3 saturated heterocycles. The second kappa shape index (κ2) is 10.4. The largest absolute Gasteiger partial charge is 0.461 e. The van der Waals surface area contributed by atoms with Crippen LogP contribution in [0.3, 0.4) is 0 Å². The lowest BCUT2D eigenvalue weighted by molar-refractivity contribution is -0.159. The van der Waals surface area contributed by atoms with Gasteiger partial charge in [0.1, 0.15) is 24.2 Å². The van der Waals surface area contributed by atoms with Gasteiger partial charge in [-0.15, -0.1) is 6.58 Å². The van der Waals surface area contributed by atoms with Gasteiger partial charge < -0.3 is 24.4 Å². The molecule has 0 aromatic heterocycles. The zero-order valence-corrected chi connectivity index (χ0v) is 20.0. The predicted octanol–water partition coefficient (Wildman–Crippen LogP) is 2.07. The first-order chi connectivity index (χ1) is 15.8. The number of carbonyl (C=O) groups excluding carboxylic acids is 3. The van der Waals surface area contributed by atoms with Crippen LogP contribution in [0.2, 0.25) is 0 Å². The Kier molecular flexibility index (Phi) is 8.00. The van der Waals surface area contributed by atoms with E-state index in [0.29, 0.717) is 32.4 Å². The molecule has 3 fully saturated rings. The topological polar surface area (TPSA) is 96.4 Å². The lowest BCUT2D eigenvalue weighted by Crippen LogP contribution is -2.56. The van der Waals surface area contributed by atoms with Crippen molar-refractivity contribution in [2.75, 3.05) is 32.8 Å². The molecule has 3 aliphatic heterocycles. The molecule has 8 heteroatoms. The van der Waals surface area contributed by atoms with E-state index in [2.05, 4.69) is 20.1 Å². The van der Waals surface area contributed by atoms with Gasteiger partial charge >= 0.3 is 5.97 Å². The molecule has 0 aromatic carbocycles. The number of likely N-dealkylation sites (tertiary alicyclic amines) is 1. The van der Waals surface area contributed by atoms with E-state index in [1.54, 1.807) is 11.0 Å². The Bertz CT molecular complexity index is 785. The molecule has 184 valence electrons. The van der Waals surface area contributed by atoms with Crippen molar-refractivity contribution in [3.8, 4) is 0 Å². The number of unbranched alkanes of at least 4 members (excludes halogenated alkanes) is 2. The smallest absolute Gasteiger partial charge is 0.313 e. The molecule has 2 bridgehead atoms. The Labute approximate surface area is 196 Å². The van der Waals surface area contributed by atoms with Gasteiger partial charge in [0.15, 0.2) is 0 Å². The Morgan fingerprint density at radius 3 is 2.67 bits per heavy atom. The molecule has 3 aliphatic rings. The lowest BCUT2D eigenvalue weighted by atomic mass is 9.66. The highest BCUT2D eigenvalue weighted by Crippen LogP contribution is 2.63. The first-order valence-electron chi connectivity index (χ1n) is 12.1. The van der Waals surface area contributed by atoms with Crippen molar-refractivity contribution in [2.24, 2.45) is 11.8 Å². The number of nitrogens with zero attached hydrogens (tertiary/aromatic N) is 2. The van der Waals surface area contributed by atoms with E-state index >= 15 is 0 Å². The standard InChI is InChI=1S/C25H38N2O6/c1-5-8-9-14-26(13-6-2)22(30)20-25-12-11-24(4,33-25)19(23(31)32-17-7-3)18(25)21(29)27(20)15-10-16-28/h6-7,18-20,28H,2-3,5,8-17H2,1,4H3/t18-,19+,20?,24-,25?/m0/s1. The van der Waals surface area contributed by atoms with Gasteiger partial charge in [-0.3, -0.25) is 14.4 Å². The van der Waals surface area contributed by atoms with Crippen LogP contribution in [0.4, 0.5) is 0 Å². The highest BCUT2D eigenvalue weighted by molar-refractivity contribution is 5.98. The highest BCUT2D eigenvalue weighted by atomic mass is 16.6. The quantitative estimate of drug-likeness (QED) is 0.256. The molecule has 1 N–H and O–H groups in total. The zero-order valence-electron chi connectivity index (χ0n) is 20.0.